The molecule has 0 aliphatic rings. The molecule has 1 N–H and O–H groups in total. The van der Waals surface area contributed by atoms with Crippen molar-refractivity contribution in [2.24, 2.45) is 0 Å². The minimum Gasteiger partial charge on any atom is -0.365 e. The summed E-state index contributed by atoms with van der Waals surface area (Å²) in [5, 5.41) is 12.3. The van der Waals surface area contributed by atoms with Crippen LogP contribution in [0.2, 0.25) is 0 Å². The molecular weight excluding hydrogens is 212 g/mol. The van der Waals surface area contributed by atoms with Crippen molar-refractivity contribution >= 4 is 5.82 Å². The van der Waals surface area contributed by atoms with Crippen molar-refractivity contribution in [3.63, 3.8) is 0 Å². The first-order chi connectivity index (χ1) is 8.31. The Kier molecular flexibility index (Phi) is 6.02. The van der Waals surface area contributed by atoms with Crippen molar-refractivity contribution < 1.29 is 0 Å². The van der Waals surface area contributed by atoms with E-state index in [2.05, 4.69) is 35.2 Å². The first-order valence-corrected chi connectivity index (χ1v) is 6.29. The lowest BCUT2D eigenvalue weighted by Gasteiger charge is -2.18. The van der Waals surface area contributed by atoms with E-state index < -0.39 is 0 Å². The Bertz CT molecular complexity index is 370. The predicted octanol–water partition coefficient (Wildman–Crippen LogP) is 3.12. The molecule has 0 fully saturated rings. The lowest BCUT2D eigenvalue weighted by Crippen LogP contribution is -2.20. The normalized spacial score (nSPS) is 11.8. The molecule has 1 heterocycles. The van der Waals surface area contributed by atoms with Crippen LogP contribution in [0, 0.1) is 11.3 Å². The molecule has 0 amide bonds. The lowest BCUT2D eigenvalue weighted by atomic mass is 10.1. The number of hydrogen-bond donors (Lipinski definition) is 1. The van der Waals surface area contributed by atoms with Crippen molar-refractivity contribution in [2.75, 3.05) is 5.32 Å². The summed E-state index contributed by atoms with van der Waals surface area (Å²) in [6, 6.07) is 2.46. The molecule has 1 rings (SSSR count). The van der Waals surface area contributed by atoms with Crippen LogP contribution in [0.25, 0.3) is 0 Å². The molecule has 0 radical (unpaired) electrons. The van der Waals surface area contributed by atoms with E-state index >= 15 is 0 Å². The van der Waals surface area contributed by atoms with E-state index in [0.29, 0.717) is 17.6 Å². The van der Waals surface area contributed by atoms with Gasteiger partial charge < -0.3 is 5.32 Å². The Labute approximate surface area is 103 Å². The van der Waals surface area contributed by atoms with Crippen molar-refractivity contribution in [2.45, 2.75) is 52.0 Å². The molecule has 0 aliphatic carbocycles. The zero-order valence-electron chi connectivity index (χ0n) is 10.6. The zero-order chi connectivity index (χ0) is 12.5. The van der Waals surface area contributed by atoms with Gasteiger partial charge in [-0.15, -0.1) is 0 Å². The van der Waals surface area contributed by atoms with E-state index in [1.807, 2.05) is 0 Å². The van der Waals surface area contributed by atoms with Gasteiger partial charge in [-0.25, -0.2) is 9.97 Å². The Hall–Kier alpha value is -1.63. The molecule has 1 atom stereocenters. The summed E-state index contributed by atoms with van der Waals surface area (Å²) < 4.78 is 0. The quantitative estimate of drug-likeness (QED) is 0.784. The second kappa shape index (κ2) is 7.61. The number of nitriles is 1. The Morgan fingerprint density at radius 3 is 2.65 bits per heavy atom. The Morgan fingerprint density at radius 1 is 1.24 bits per heavy atom. The SMILES string of the molecule is CCCCC(CCC)Nc1nccnc1C#N. The fourth-order valence-electron chi connectivity index (χ4n) is 1.81. The summed E-state index contributed by atoms with van der Waals surface area (Å²) in [7, 11) is 0. The molecule has 0 bridgehead atoms. The van der Waals surface area contributed by atoms with E-state index in [9.17, 15) is 0 Å². The molecule has 0 saturated heterocycles. The number of anilines is 1. The van der Waals surface area contributed by atoms with E-state index in [1.54, 1.807) is 12.4 Å². The molecular formula is C13H20N4. The topological polar surface area (TPSA) is 61.6 Å². The number of nitrogens with one attached hydrogen (secondary N) is 1. The van der Waals surface area contributed by atoms with Gasteiger partial charge in [-0.05, 0) is 12.8 Å². The van der Waals surface area contributed by atoms with Gasteiger partial charge in [-0.2, -0.15) is 5.26 Å². The number of unbranched alkanes of at least 4 members (excludes halogenated alkanes) is 1. The van der Waals surface area contributed by atoms with E-state index in [4.69, 9.17) is 5.26 Å². The van der Waals surface area contributed by atoms with Crippen LogP contribution in [-0.2, 0) is 0 Å². The monoisotopic (exact) mass is 232 g/mol. The molecule has 17 heavy (non-hydrogen) atoms. The molecule has 4 nitrogen and oxygen atoms in total. The van der Waals surface area contributed by atoms with Crippen molar-refractivity contribution in [1.82, 2.24) is 9.97 Å². The van der Waals surface area contributed by atoms with Crippen LogP contribution in [-0.4, -0.2) is 16.0 Å². The van der Waals surface area contributed by atoms with Crippen molar-refractivity contribution in [3.8, 4) is 6.07 Å². The van der Waals surface area contributed by atoms with Crippen molar-refractivity contribution in [3.05, 3.63) is 18.1 Å². The van der Waals surface area contributed by atoms with Crippen LogP contribution >= 0.6 is 0 Å². The minimum absolute atomic E-state index is 0.380. The van der Waals surface area contributed by atoms with Crippen molar-refractivity contribution in [1.29, 1.82) is 5.26 Å². The van der Waals surface area contributed by atoms with Gasteiger partial charge in [0.25, 0.3) is 0 Å². The van der Waals surface area contributed by atoms with Gasteiger partial charge in [0.05, 0.1) is 0 Å². The highest BCUT2D eigenvalue weighted by molar-refractivity contribution is 5.47. The predicted molar refractivity (Wildman–Crippen MR) is 68.6 cm³/mol. The summed E-state index contributed by atoms with van der Waals surface area (Å²) in [5.41, 5.74) is 0.380. The first-order valence-electron chi connectivity index (χ1n) is 6.29. The highest BCUT2D eigenvalue weighted by Gasteiger charge is 2.11. The molecule has 4 heteroatoms. The van der Waals surface area contributed by atoms with Gasteiger partial charge >= 0.3 is 0 Å². The molecule has 1 aromatic heterocycles. The van der Waals surface area contributed by atoms with E-state index in [-0.39, 0.29) is 0 Å². The first kappa shape index (κ1) is 13.4. The Morgan fingerprint density at radius 2 is 2.00 bits per heavy atom. The van der Waals surface area contributed by atoms with Crippen LogP contribution in [0.5, 0.6) is 0 Å². The standard InChI is InChI=1S/C13H20N4/c1-3-5-7-11(6-4-2)17-13-12(10-14)15-8-9-16-13/h8-9,11H,3-7H2,1-2H3,(H,16,17). The molecule has 0 spiro atoms. The maximum atomic E-state index is 8.94. The average Bonchev–Trinajstić information content (AvgIpc) is 2.37. The summed E-state index contributed by atoms with van der Waals surface area (Å²) in [6.07, 6.45) is 8.89. The fraction of sp³-hybridized carbons (Fsp3) is 0.615. The highest BCUT2D eigenvalue weighted by atomic mass is 15.0. The molecule has 0 saturated carbocycles. The third kappa shape index (κ3) is 4.39. The summed E-state index contributed by atoms with van der Waals surface area (Å²) >= 11 is 0. The third-order valence-corrected chi connectivity index (χ3v) is 2.69. The van der Waals surface area contributed by atoms with Crippen LogP contribution in [0.15, 0.2) is 12.4 Å². The number of rotatable bonds is 7. The highest BCUT2D eigenvalue weighted by Crippen LogP contribution is 2.15. The van der Waals surface area contributed by atoms with E-state index in [1.165, 1.54) is 12.8 Å². The van der Waals surface area contributed by atoms with Gasteiger partial charge in [-0.3, -0.25) is 0 Å². The molecule has 1 aromatic rings. The van der Waals surface area contributed by atoms with Crippen LogP contribution in [0.1, 0.15) is 51.6 Å². The number of aromatic nitrogens is 2. The van der Waals surface area contributed by atoms with Gasteiger partial charge in [0.2, 0.25) is 0 Å². The smallest absolute Gasteiger partial charge is 0.182 e. The van der Waals surface area contributed by atoms with Gasteiger partial charge in [0.15, 0.2) is 11.5 Å². The van der Waals surface area contributed by atoms with E-state index in [0.717, 1.165) is 19.3 Å². The lowest BCUT2D eigenvalue weighted by molar-refractivity contribution is 0.562. The van der Waals surface area contributed by atoms with Gasteiger partial charge in [0, 0.05) is 18.4 Å². The minimum atomic E-state index is 0.380. The fourth-order valence-corrected chi connectivity index (χ4v) is 1.81. The maximum absolute atomic E-state index is 8.94. The van der Waals surface area contributed by atoms with Crippen LogP contribution in [0.3, 0.4) is 0 Å². The second-order valence-corrected chi connectivity index (χ2v) is 4.14. The van der Waals surface area contributed by atoms with Crippen LogP contribution < -0.4 is 5.32 Å². The number of hydrogen-bond acceptors (Lipinski definition) is 4. The van der Waals surface area contributed by atoms with Crippen LogP contribution in [0.4, 0.5) is 5.82 Å². The molecule has 0 aliphatic heterocycles. The Balaban J connectivity index is 2.68. The molecule has 1 unspecified atom stereocenters. The summed E-state index contributed by atoms with van der Waals surface area (Å²) in [6.45, 7) is 4.36. The largest absolute Gasteiger partial charge is 0.365 e. The third-order valence-electron chi connectivity index (χ3n) is 2.69. The van der Waals surface area contributed by atoms with Gasteiger partial charge in [0.1, 0.15) is 6.07 Å². The summed E-state index contributed by atoms with van der Waals surface area (Å²) in [4.78, 5) is 8.19. The average molecular weight is 232 g/mol. The maximum Gasteiger partial charge on any atom is 0.182 e. The van der Waals surface area contributed by atoms with Gasteiger partial charge in [-0.1, -0.05) is 33.1 Å². The summed E-state index contributed by atoms with van der Waals surface area (Å²) in [5.74, 6) is 0.615. The zero-order valence-corrected chi connectivity index (χ0v) is 10.6. The molecule has 92 valence electrons. The molecule has 0 aromatic carbocycles. The second-order valence-electron chi connectivity index (χ2n) is 4.14. The number of nitrogens with zero attached hydrogens (tertiary/aromatic N) is 3.